The van der Waals surface area contributed by atoms with Crippen LogP contribution in [0.5, 0.6) is 5.75 Å². The lowest BCUT2D eigenvalue weighted by Crippen LogP contribution is -2.46. The van der Waals surface area contributed by atoms with E-state index in [4.69, 9.17) is 9.47 Å². The molecule has 1 aromatic rings. The van der Waals surface area contributed by atoms with Gasteiger partial charge in [-0.3, -0.25) is 0 Å². The molecule has 0 saturated heterocycles. The molecule has 1 N–H and O–H groups in total. The largest absolute Gasteiger partial charge is 0.496 e. The van der Waals surface area contributed by atoms with Crippen LogP contribution in [0.1, 0.15) is 50.6 Å². The molecule has 20 heavy (non-hydrogen) atoms. The predicted molar refractivity (Wildman–Crippen MR) is 82.2 cm³/mol. The fourth-order valence-corrected chi connectivity index (χ4v) is 3.56. The van der Waals surface area contributed by atoms with Crippen LogP contribution in [0.2, 0.25) is 0 Å². The Bertz CT molecular complexity index is 408. The van der Waals surface area contributed by atoms with E-state index >= 15 is 0 Å². The molecule has 0 aliphatic heterocycles. The molecule has 1 aliphatic carbocycles. The molecule has 0 bridgehead atoms. The smallest absolute Gasteiger partial charge is 0.123 e. The summed E-state index contributed by atoms with van der Waals surface area (Å²) < 4.78 is 11.8. The molecule has 1 aromatic carbocycles. The van der Waals surface area contributed by atoms with Crippen LogP contribution in [-0.4, -0.2) is 26.4 Å². The SMILES string of the molecule is CCOC1(C(NC)c2ccccc2OC)CCCCC1. The van der Waals surface area contributed by atoms with Gasteiger partial charge in [0.25, 0.3) is 0 Å². The summed E-state index contributed by atoms with van der Waals surface area (Å²) in [6, 6.07) is 8.45. The number of hydrogen-bond donors (Lipinski definition) is 1. The molecule has 1 aliphatic rings. The van der Waals surface area contributed by atoms with E-state index < -0.39 is 0 Å². The maximum absolute atomic E-state index is 6.26. The van der Waals surface area contributed by atoms with Gasteiger partial charge in [-0.25, -0.2) is 0 Å². The summed E-state index contributed by atoms with van der Waals surface area (Å²) in [6.45, 7) is 2.85. The number of benzene rings is 1. The van der Waals surface area contributed by atoms with Crippen molar-refractivity contribution in [3.8, 4) is 5.75 Å². The molecular formula is C17H27NO2. The second-order valence-corrected chi connectivity index (χ2v) is 5.52. The molecule has 1 saturated carbocycles. The number of rotatable bonds is 6. The van der Waals surface area contributed by atoms with Gasteiger partial charge in [0.05, 0.1) is 18.8 Å². The topological polar surface area (TPSA) is 30.5 Å². The van der Waals surface area contributed by atoms with Crippen molar-refractivity contribution in [3.05, 3.63) is 29.8 Å². The summed E-state index contributed by atoms with van der Waals surface area (Å²) in [5, 5.41) is 3.48. The minimum absolute atomic E-state index is 0.101. The van der Waals surface area contributed by atoms with Gasteiger partial charge in [0.2, 0.25) is 0 Å². The molecule has 0 heterocycles. The normalized spacial score (nSPS) is 19.6. The van der Waals surface area contributed by atoms with Crippen molar-refractivity contribution in [2.75, 3.05) is 20.8 Å². The molecule has 1 fully saturated rings. The van der Waals surface area contributed by atoms with Crippen molar-refractivity contribution >= 4 is 0 Å². The maximum atomic E-state index is 6.26. The van der Waals surface area contributed by atoms with Gasteiger partial charge in [0.1, 0.15) is 5.75 Å². The fourth-order valence-electron chi connectivity index (χ4n) is 3.56. The molecule has 2 rings (SSSR count). The highest BCUT2D eigenvalue weighted by Gasteiger charge is 2.41. The standard InChI is InChI=1S/C17H27NO2/c1-4-20-17(12-8-5-9-13-17)16(18-2)14-10-6-7-11-15(14)19-3/h6-7,10-11,16,18H,4-5,8-9,12-13H2,1-3H3. The predicted octanol–water partition coefficient (Wildman–Crippen LogP) is 3.70. The Morgan fingerprint density at radius 1 is 1.20 bits per heavy atom. The van der Waals surface area contributed by atoms with E-state index in [0.29, 0.717) is 0 Å². The van der Waals surface area contributed by atoms with Crippen molar-refractivity contribution < 1.29 is 9.47 Å². The average Bonchev–Trinajstić information content (AvgIpc) is 2.49. The van der Waals surface area contributed by atoms with Crippen molar-refractivity contribution in [3.63, 3.8) is 0 Å². The first-order valence-corrected chi connectivity index (χ1v) is 7.71. The number of likely N-dealkylation sites (N-methyl/N-ethyl adjacent to an activating group) is 1. The van der Waals surface area contributed by atoms with Gasteiger partial charge in [0.15, 0.2) is 0 Å². The van der Waals surface area contributed by atoms with Gasteiger partial charge in [0, 0.05) is 12.2 Å². The molecule has 1 atom stereocenters. The molecule has 1 unspecified atom stereocenters. The summed E-state index contributed by atoms with van der Waals surface area (Å²) >= 11 is 0. The summed E-state index contributed by atoms with van der Waals surface area (Å²) in [6.07, 6.45) is 6.03. The molecule has 3 heteroatoms. The molecule has 0 radical (unpaired) electrons. The lowest BCUT2D eigenvalue weighted by Gasteiger charge is -2.43. The van der Waals surface area contributed by atoms with Crippen LogP contribution in [0, 0.1) is 0 Å². The Labute approximate surface area is 122 Å². The van der Waals surface area contributed by atoms with Gasteiger partial charge in [-0.05, 0) is 32.9 Å². The number of nitrogens with one attached hydrogen (secondary N) is 1. The van der Waals surface area contributed by atoms with Crippen molar-refractivity contribution in [1.29, 1.82) is 0 Å². The quantitative estimate of drug-likeness (QED) is 0.860. The van der Waals surface area contributed by atoms with E-state index in [1.165, 1.54) is 24.8 Å². The van der Waals surface area contributed by atoms with E-state index in [9.17, 15) is 0 Å². The Kier molecular flexibility index (Phi) is 5.44. The van der Waals surface area contributed by atoms with Gasteiger partial charge in [-0.2, -0.15) is 0 Å². The van der Waals surface area contributed by atoms with Crippen LogP contribution in [0.25, 0.3) is 0 Å². The highest BCUT2D eigenvalue weighted by atomic mass is 16.5. The van der Waals surface area contributed by atoms with Crippen molar-refractivity contribution in [1.82, 2.24) is 5.32 Å². The van der Waals surface area contributed by atoms with Crippen LogP contribution < -0.4 is 10.1 Å². The molecule has 0 amide bonds. The van der Waals surface area contributed by atoms with Crippen molar-refractivity contribution in [2.24, 2.45) is 0 Å². The molecule has 112 valence electrons. The molecule has 3 nitrogen and oxygen atoms in total. The summed E-state index contributed by atoms with van der Waals surface area (Å²) in [4.78, 5) is 0. The lowest BCUT2D eigenvalue weighted by atomic mass is 9.76. The third-order valence-corrected chi connectivity index (χ3v) is 4.40. The lowest BCUT2D eigenvalue weighted by molar-refractivity contribution is -0.0901. The first-order chi connectivity index (χ1) is 9.77. The van der Waals surface area contributed by atoms with Gasteiger partial charge in [-0.1, -0.05) is 37.5 Å². The third kappa shape index (κ3) is 2.99. The molecule has 0 spiro atoms. The highest BCUT2D eigenvalue weighted by Crippen LogP contribution is 2.43. The second-order valence-electron chi connectivity index (χ2n) is 5.52. The highest BCUT2D eigenvalue weighted by molar-refractivity contribution is 5.37. The van der Waals surface area contributed by atoms with Gasteiger partial charge >= 0.3 is 0 Å². The van der Waals surface area contributed by atoms with Gasteiger partial charge in [-0.15, -0.1) is 0 Å². The Morgan fingerprint density at radius 3 is 2.50 bits per heavy atom. The number of methoxy groups -OCH3 is 1. The van der Waals surface area contributed by atoms with E-state index in [0.717, 1.165) is 25.2 Å². The minimum atomic E-state index is -0.101. The fraction of sp³-hybridized carbons (Fsp3) is 0.647. The average molecular weight is 277 g/mol. The van der Waals surface area contributed by atoms with Crippen LogP contribution in [-0.2, 0) is 4.74 Å². The van der Waals surface area contributed by atoms with E-state index in [-0.39, 0.29) is 11.6 Å². The first-order valence-electron chi connectivity index (χ1n) is 7.71. The Morgan fingerprint density at radius 2 is 1.90 bits per heavy atom. The van der Waals surface area contributed by atoms with Crippen LogP contribution in [0.4, 0.5) is 0 Å². The van der Waals surface area contributed by atoms with Crippen LogP contribution >= 0.6 is 0 Å². The zero-order valence-corrected chi connectivity index (χ0v) is 12.9. The zero-order chi connectivity index (χ0) is 14.4. The monoisotopic (exact) mass is 277 g/mol. The summed E-state index contributed by atoms with van der Waals surface area (Å²) in [5.74, 6) is 0.941. The van der Waals surface area contributed by atoms with Crippen molar-refractivity contribution in [2.45, 2.75) is 50.7 Å². The van der Waals surface area contributed by atoms with E-state index in [1.54, 1.807) is 7.11 Å². The zero-order valence-electron chi connectivity index (χ0n) is 12.9. The van der Waals surface area contributed by atoms with E-state index in [1.807, 2.05) is 19.2 Å². The number of para-hydroxylation sites is 1. The van der Waals surface area contributed by atoms with Crippen LogP contribution in [0.15, 0.2) is 24.3 Å². The van der Waals surface area contributed by atoms with Gasteiger partial charge < -0.3 is 14.8 Å². The first kappa shape index (κ1) is 15.3. The number of ether oxygens (including phenoxy) is 2. The molecule has 0 aromatic heterocycles. The summed E-state index contributed by atoms with van der Waals surface area (Å²) in [7, 11) is 3.76. The summed E-state index contributed by atoms with van der Waals surface area (Å²) in [5.41, 5.74) is 1.10. The number of hydrogen-bond acceptors (Lipinski definition) is 3. The second kappa shape index (κ2) is 7.09. The molecular weight excluding hydrogens is 250 g/mol. The minimum Gasteiger partial charge on any atom is -0.496 e. The third-order valence-electron chi connectivity index (χ3n) is 4.40. The van der Waals surface area contributed by atoms with E-state index in [2.05, 4.69) is 24.4 Å². The Balaban J connectivity index is 2.37. The maximum Gasteiger partial charge on any atom is 0.123 e. The van der Waals surface area contributed by atoms with Crippen LogP contribution in [0.3, 0.4) is 0 Å². The Hall–Kier alpha value is -1.06.